The molecule has 2 N–H and O–H groups in total. The summed E-state index contributed by atoms with van der Waals surface area (Å²) in [4.78, 5) is 7.22. The molecule has 7 heteroatoms. The first-order valence-electron chi connectivity index (χ1n) is 3.75. The lowest BCUT2D eigenvalue weighted by Gasteiger charge is -2.14. The minimum Gasteiger partial charge on any atom is -0.382 e. The summed E-state index contributed by atoms with van der Waals surface area (Å²) >= 11 is 0. The van der Waals surface area contributed by atoms with E-state index in [0.29, 0.717) is 0 Å². The van der Waals surface area contributed by atoms with Crippen LogP contribution in [0.15, 0.2) is 18.6 Å². The lowest BCUT2D eigenvalue weighted by molar-refractivity contribution is -0.198. The Morgan fingerprint density at radius 2 is 2.21 bits per heavy atom. The van der Waals surface area contributed by atoms with Crippen LogP contribution in [0.1, 0.15) is 0 Å². The van der Waals surface area contributed by atoms with E-state index >= 15 is 0 Å². The number of aliphatic hydroxyl groups is 1. The molecule has 0 aliphatic carbocycles. The van der Waals surface area contributed by atoms with Crippen LogP contribution in [-0.4, -0.2) is 33.9 Å². The first kappa shape index (κ1) is 10.7. The molecule has 0 bridgehead atoms. The van der Waals surface area contributed by atoms with E-state index in [2.05, 4.69) is 15.3 Å². The zero-order valence-electron chi connectivity index (χ0n) is 6.99. The maximum absolute atomic E-state index is 11.8. The molecule has 1 aromatic rings. The summed E-state index contributed by atoms with van der Waals surface area (Å²) in [5.41, 5.74) is 0. The minimum atomic E-state index is -4.61. The van der Waals surface area contributed by atoms with E-state index in [1.54, 1.807) is 0 Å². The molecule has 0 aliphatic heterocycles. The summed E-state index contributed by atoms with van der Waals surface area (Å²) in [5, 5.41) is 10.9. The SMILES string of the molecule is OC(CNc1ccncn1)C(F)(F)F. The van der Waals surface area contributed by atoms with Crippen molar-refractivity contribution in [2.45, 2.75) is 12.3 Å². The molecule has 14 heavy (non-hydrogen) atoms. The van der Waals surface area contributed by atoms with Gasteiger partial charge in [-0.05, 0) is 6.07 Å². The number of rotatable bonds is 3. The number of anilines is 1. The molecule has 1 unspecified atom stereocenters. The Hall–Kier alpha value is -1.37. The number of nitrogens with zero attached hydrogens (tertiary/aromatic N) is 2. The predicted octanol–water partition coefficient (Wildman–Crippen LogP) is 0.812. The van der Waals surface area contributed by atoms with Gasteiger partial charge in [0.05, 0.1) is 6.54 Å². The molecule has 0 fully saturated rings. The normalized spacial score (nSPS) is 13.7. The van der Waals surface area contributed by atoms with Gasteiger partial charge >= 0.3 is 6.18 Å². The van der Waals surface area contributed by atoms with Gasteiger partial charge in [0.2, 0.25) is 0 Å². The van der Waals surface area contributed by atoms with Gasteiger partial charge in [-0.3, -0.25) is 0 Å². The summed E-state index contributed by atoms with van der Waals surface area (Å²) in [5.74, 6) is 0.239. The van der Waals surface area contributed by atoms with Crippen LogP contribution in [0.5, 0.6) is 0 Å². The van der Waals surface area contributed by atoms with E-state index in [9.17, 15) is 13.2 Å². The summed E-state index contributed by atoms with van der Waals surface area (Å²) < 4.78 is 35.5. The van der Waals surface area contributed by atoms with Crippen molar-refractivity contribution in [3.63, 3.8) is 0 Å². The number of halogens is 3. The van der Waals surface area contributed by atoms with E-state index in [1.807, 2.05) is 0 Å². The van der Waals surface area contributed by atoms with Gasteiger partial charge in [0, 0.05) is 6.20 Å². The van der Waals surface area contributed by atoms with Crippen LogP contribution in [0.25, 0.3) is 0 Å². The summed E-state index contributed by atoms with van der Waals surface area (Å²) in [7, 11) is 0. The van der Waals surface area contributed by atoms with Crippen molar-refractivity contribution in [3.8, 4) is 0 Å². The van der Waals surface area contributed by atoms with Gasteiger partial charge in [-0.2, -0.15) is 13.2 Å². The molecule has 1 rings (SSSR count). The van der Waals surface area contributed by atoms with Crippen LogP contribution < -0.4 is 5.32 Å². The Balaban J connectivity index is 2.42. The molecule has 1 aromatic heterocycles. The van der Waals surface area contributed by atoms with Gasteiger partial charge in [-0.15, -0.1) is 0 Å². The Labute approximate surface area is 77.8 Å². The number of hydrogen-bond acceptors (Lipinski definition) is 4. The van der Waals surface area contributed by atoms with Gasteiger partial charge in [0.15, 0.2) is 6.10 Å². The number of alkyl halides is 3. The molecule has 0 amide bonds. The zero-order valence-corrected chi connectivity index (χ0v) is 6.99. The predicted molar refractivity (Wildman–Crippen MR) is 42.6 cm³/mol. The van der Waals surface area contributed by atoms with Crippen molar-refractivity contribution in [2.24, 2.45) is 0 Å². The first-order chi connectivity index (χ1) is 6.50. The second kappa shape index (κ2) is 4.23. The molecule has 0 saturated heterocycles. The third-order valence-corrected chi connectivity index (χ3v) is 1.44. The minimum absolute atomic E-state index is 0.239. The second-order valence-corrected chi connectivity index (χ2v) is 2.53. The highest BCUT2D eigenvalue weighted by Crippen LogP contribution is 2.19. The molecule has 1 heterocycles. The molecule has 0 aromatic carbocycles. The van der Waals surface area contributed by atoms with Crippen molar-refractivity contribution in [3.05, 3.63) is 18.6 Å². The highest BCUT2D eigenvalue weighted by atomic mass is 19.4. The van der Waals surface area contributed by atoms with Crippen molar-refractivity contribution in [2.75, 3.05) is 11.9 Å². The van der Waals surface area contributed by atoms with E-state index < -0.39 is 18.8 Å². The Kier molecular flexibility index (Phi) is 3.23. The number of hydrogen-bond donors (Lipinski definition) is 2. The van der Waals surface area contributed by atoms with Gasteiger partial charge in [-0.25, -0.2) is 9.97 Å². The third-order valence-electron chi connectivity index (χ3n) is 1.44. The highest BCUT2D eigenvalue weighted by Gasteiger charge is 2.37. The van der Waals surface area contributed by atoms with Gasteiger partial charge in [0.1, 0.15) is 12.1 Å². The Bertz CT molecular complexity index is 277. The van der Waals surface area contributed by atoms with Crippen LogP contribution in [-0.2, 0) is 0 Å². The molecular formula is C7H8F3N3O. The number of aromatic nitrogens is 2. The lowest BCUT2D eigenvalue weighted by atomic mass is 10.3. The summed E-state index contributed by atoms with van der Waals surface area (Å²) in [6.07, 6.45) is -4.42. The van der Waals surface area contributed by atoms with Gasteiger partial charge in [0.25, 0.3) is 0 Å². The first-order valence-corrected chi connectivity index (χ1v) is 3.75. The number of nitrogens with one attached hydrogen (secondary N) is 1. The van der Waals surface area contributed by atoms with Gasteiger partial charge in [-0.1, -0.05) is 0 Å². The van der Waals surface area contributed by atoms with Gasteiger partial charge < -0.3 is 10.4 Å². The van der Waals surface area contributed by atoms with E-state index in [-0.39, 0.29) is 5.82 Å². The average molecular weight is 207 g/mol. The maximum atomic E-state index is 11.8. The van der Waals surface area contributed by atoms with E-state index in [0.717, 1.165) is 0 Å². The fourth-order valence-corrected chi connectivity index (χ4v) is 0.712. The van der Waals surface area contributed by atoms with Crippen molar-refractivity contribution in [1.82, 2.24) is 9.97 Å². The van der Waals surface area contributed by atoms with Crippen LogP contribution >= 0.6 is 0 Å². The maximum Gasteiger partial charge on any atom is 0.416 e. The average Bonchev–Trinajstić information content (AvgIpc) is 2.14. The van der Waals surface area contributed by atoms with E-state index in [4.69, 9.17) is 5.11 Å². The third kappa shape index (κ3) is 3.17. The van der Waals surface area contributed by atoms with Crippen LogP contribution in [0.3, 0.4) is 0 Å². The molecule has 4 nitrogen and oxygen atoms in total. The monoisotopic (exact) mass is 207 g/mol. The van der Waals surface area contributed by atoms with Crippen LogP contribution in [0.2, 0.25) is 0 Å². The largest absolute Gasteiger partial charge is 0.416 e. The molecule has 0 aliphatic rings. The fourth-order valence-electron chi connectivity index (χ4n) is 0.712. The molecule has 0 spiro atoms. The standard InChI is InChI=1S/C7H8F3N3O/c8-7(9,10)5(14)3-12-6-1-2-11-4-13-6/h1-2,4-5,14H,3H2,(H,11,12,13). The van der Waals surface area contributed by atoms with E-state index in [1.165, 1.54) is 18.6 Å². The Morgan fingerprint density at radius 1 is 1.50 bits per heavy atom. The second-order valence-electron chi connectivity index (χ2n) is 2.53. The highest BCUT2D eigenvalue weighted by molar-refractivity contribution is 5.31. The fraction of sp³-hybridized carbons (Fsp3) is 0.429. The topological polar surface area (TPSA) is 58.0 Å². The van der Waals surface area contributed by atoms with Crippen molar-refractivity contribution in [1.29, 1.82) is 0 Å². The quantitative estimate of drug-likeness (QED) is 0.770. The lowest BCUT2D eigenvalue weighted by Crippen LogP contribution is -2.35. The smallest absolute Gasteiger partial charge is 0.382 e. The van der Waals surface area contributed by atoms with Crippen LogP contribution in [0, 0.1) is 0 Å². The van der Waals surface area contributed by atoms with Crippen LogP contribution in [0.4, 0.5) is 19.0 Å². The molecule has 0 radical (unpaired) electrons. The van der Waals surface area contributed by atoms with Crippen molar-refractivity contribution >= 4 is 5.82 Å². The molecule has 78 valence electrons. The molecule has 0 saturated carbocycles. The Morgan fingerprint density at radius 3 is 2.71 bits per heavy atom. The summed E-state index contributed by atoms with van der Waals surface area (Å²) in [6.45, 7) is -0.624. The summed E-state index contributed by atoms with van der Waals surface area (Å²) in [6, 6.07) is 1.41. The molecular weight excluding hydrogens is 199 g/mol. The number of aliphatic hydroxyl groups excluding tert-OH is 1. The molecule has 1 atom stereocenters. The van der Waals surface area contributed by atoms with Crippen molar-refractivity contribution < 1.29 is 18.3 Å². The zero-order chi connectivity index (χ0) is 10.6.